The molecule has 27 heavy (non-hydrogen) atoms. The maximum atomic E-state index is 12.5. The SMILES string of the molecule is NC(CC(=O)N1CCC(C(=O)NCCc2cccs2)CC1)c1ccccc1. The zero-order valence-corrected chi connectivity index (χ0v) is 16.3. The molecule has 2 aromatic rings. The summed E-state index contributed by atoms with van der Waals surface area (Å²) in [7, 11) is 0. The molecule has 1 aliphatic heterocycles. The highest BCUT2D eigenvalue weighted by Crippen LogP contribution is 2.21. The lowest BCUT2D eigenvalue weighted by Gasteiger charge is -2.32. The fourth-order valence-electron chi connectivity index (χ4n) is 3.43. The number of hydrogen-bond donors (Lipinski definition) is 2. The fourth-order valence-corrected chi connectivity index (χ4v) is 4.14. The summed E-state index contributed by atoms with van der Waals surface area (Å²) in [6.45, 7) is 1.93. The van der Waals surface area contributed by atoms with Crippen molar-refractivity contribution in [1.82, 2.24) is 10.2 Å². The van der Waals surface area contributed by atoms with E-state index in [0.29, 0.717) is 26.1 Å². The summed E-state index contributed by atoms with van der Waals surface area (Å²) in [6, 6.07) is 13.5. The second kappa shape index (κ2) is 9.67. The van der Waals surface area contributed by atoms with Crippen molar-refractivity contribution in [2.75, 3.05) is 19.6 Å². The molecule has 5 nitrogen and oxygen atoms in total. The van der Waals surface area contributed by atoms with Gasteiger partial charge < -0.3 is 16.0 Å². The van der Waals surface area contributed by atoms with E-state index in [1.807, 2.05) is 46.7 Å². The Hall–Kier alpha value is -2.18. The molecule has 0 bridgehead atoms. The Morgan fingerprint density at radius 1 is 1.15 bits per heavy atom. The third kappa shape index (κ3) is 5.65. The third-order valence-corrected chi connectivity index (χ3v) is 6.03. The summed E-state index contributed by atoms with van der Waals surface area (Å²) in [5.74, 6) is 0.183. The predicted octanol–water partition coefficient (Wildman–Crippen LogP) is 2.74. The number of nitrogens with zero attached hydrogens (tertiary/aromatic N) is 1. The molecule has 6 heteroatoms. The smallest absolute Gasteiger partial charge is 0.224 e. The first-order chi connectivity index (χ1) is 13.1. The van der Waals surface area contributed by atoms with Crippen molar-refractivity contribution in [3.8, 4) is 0 Å². The Bertz CT molecular complexity index is 725. The van der Waals surface area contributed by atoms with Gasteiger partial charge in [-0.15, -0.1) is 11.3 Å². The maximum Gasteiger partial charge on any atom is 0.224 e. The molecule has 1 unspecified atom stereocenters. The first-order valence-electron chi connectivity index (χ1n) is 9.52. The average molecular weight is 386 g/mol. The minimum absolute atomic E-state index is 0.000169. The number of thiophene rings is 1. The molecule has 1 aromatic heterocycles. The van der Waals surface area contributed by atoms with Gasteiger partial charge in [0.15, 0.2) is 0 Å². The number of nitrogens with two attached hydrogens (primary N) is 1. The highest BCUT2D eigenvalue weighted by Gasteiger charge is 2.27. The molecule has 0 aliphatic carbocycles. The lowest BCUT2D eigenvalue weighted by atomic mass is 9.95. The standard InChI is InChI=1S/C21H27N3O2S/c22-19(16-5-2-1-3-6-16)15-20(25)24-12-9-17(10-13-24)21(26)23-11-8-18-7-4-14-27-18/h1-7,14,17,19H,8-13,15,22H2,(H,23,26). The second-order valence-electron chi connectivity index (χ2n) is 7.00. The van der Waals surface area contributed by atoms with Crippen LogP contribution in [-0.4, -0.2) is 36.3 Å². The van der Waals surface area contributed by atoms with Crippen molar-refractivity contribution in [3.05, 3.63) is 58.3 Å². The molecular formula is C21H27N3O2S. The largest absolute Gasteiger partial charge is 0.355 e. The third-order valence-electron chi connectivity index (χ3n) is 5.09. The van der Waals surface area contributed by atoms with Gasteiger partial charge in [0.1, 0.15) is 0 Å². The molecule has 2 amide bonds. The highest BCUT2D eigenvalue weighted by molar-refractivity contribution is 7.09. The van der Waals surface area contributed by atoms with E-state index in [0.717, 1.165) is 24.8 Å². The van der Waals surface area contributed by atoms with Crippen LogP contribution in [0.1, 0.15) is 35.7 Å². The summed E-state index contributed by atoms with van der Waals surface area (Å²) in [5, 5.41) is 5.08. The van der Waals surface area contributed by atoms with Gasteiger partial charge >= 0.3 is 0 Å². The van der Waals surface area contributed by atoms with Gasteiger partial charge in [-0.2, -0.15) is 0 Å². The zero-order chi connectivity index (χ0) is 19.1. The lowest BCUT2D eigenvalue weighted by Crippen LogP contribution is -2.43. The van der Waals surface area contributed by atoms with Crippen LogP contribution in [-0.2, 0) is 16.0 Å². The minimum Gasteiger partial charge on any atom is -0.355 e. The van der Waals surface area contributed by atoms with Crippen LogP contribution < -0.4 is 11.1 Å². The van der Waals surface area contributed by atoms with Crippen LogP contribution in [0.15, 0.2) is 47.8 Å². The Morgan fingerprint density at radius 3 is 2.56 bits per heavy atom. The van der Waals surface area contributed by atoms with Crippen LogP contribution in [0.2, 0.25) is 0 Å². The number of piperidine rings is 1. The van der Waals surface area contributed by atoms with Crippen molar-refractivity contribution in [1.29, 1.82) is 0 Å². The molecule has 3 N–H and O–H groups in total. The van der Waals surface area contributed by atoms with E-state index in [4.69, 9.17) is 5.73 Å². The first-order valence-corrected chi connectivity index (χ1v) is 10.4. The van der Waals surface area contributed by atoms with Crippen LogP contribution in [0.25, 0.3) is 0 Å². The van der Waals surface area contributed by atoms with E-state index < -0.39 is 0 Å². The van der Waals surface area contributed by atoms with Gasteiger partial charge in [-0.1, -0.05) is 36.4 Å². The van der Waals surface area contributed by atoms with Crippen LogP contribution >= 0.6 is 11.3 Å². The normalized spacial score (nSPS) is 16.1. The summed E-state index contributed by atoms with van der Waals surface area (Å²) in [4.78, 5) is 28.0. The number of rotatable bonds is 7. The number of hydrogen-bond acceptors (Lipinski definition) is 4. The van der Waals surface area contributed by atoms with E-state index in [1.54, 1.807) is 11.3 Å². The molecule has 144 valence electrons. The molecule has 0 radical (unpaired) electrons. The van der Waals surface area contributed by atoms with E-state index in [-0.39, 0.29) is 23.8 Å². The van der Waals surface area contributed by atoms with Gasteiger partial charge in [-0.25, -0.2) is 0 Å². The van der Waals surface area contributed by atoms with Crippen LogP contribution in [0.5, 0.6) is 0 Å². The quantitative estimate of drug-likeness (QED) is 0.769. The molecule has 1 atom stereocenters. The summed E-state index contributed by atoms with van der Waals surface area (Å²) in [6.07, 6.45) is 2.62. The van der Waals surface area contributed by atoms with Gasteiger partial charge in [-0.3, -0.25) is 9.59 Å². The topological polar surface area (TPSA) is 75.4 Å². The number of carbonyl (C=O) groups excluding carboxylic acids is 2. The molecule has 1 fully saturated rings. The Morgan fingerprint density at radius 2 is 1.89 bits per heavy atom. The summed E-state index contributed by atoms with van der Waals surface area (Å²) < 4.78 is 0. The molecule has 0 saturated carbocycles. The molecule has 1 aliphatic rings. The van der Waals surface area contributed by atoms with E-state index >= 15 is 0 Å². The summed E-state index contributed by atoms with van der Waals surface area (Å²) in [5.41, 5.74) is 7.14. The molecule has 1 saturated heterocycles. The molecule has 1 aromatic carbocycles. The van der Waals surface area contributed by atoms with Crippen molar-refractivity contribution in [2.24, 2.45) is 11.7 Å². The van der Waals surface area contributed by atoms with Crippen molar-refractivity contribution < 1.29 is 9.59 Å². The zero-order valence-electron chi connectivity index (χ0n) is 15.5. The fraction of sp³-hybridized carbons (Fsp3) is 0.429. The molecule has 0 spiro atoms. The van der Waals surface area contributed by atoms with Crippen molar-refractivity contribution in [2.45, 2.75) is 31.7 Å². The molecular weight excluding hydrogens is 358 g/mol. The summed E-state index contributed by atoms with van der Waals surface area (Å²) >= 11 is 1.71. The monoisotopic (exact) mass is 385 g/mol. The number of benzene rings is 1. The van der Waals surface area contributed by atoms with Gasteiger partial charge in [0.05, 0.1) is 0 Å². The number of likely N-dealkylation sites (tertiary alicyclic amines) is 1. The van der Waals surface area contributed by atoms with Crippen molar-refractivity contribution in [3.63, 3.8) is 0 Å². The van der Waals surface area contributed by atoms with Crippen LogP contribution in [0, 0.1) is 5.92 Å². The lowest BCUT2D eigenvalue weighted by molar-refractivity contribution is -0.135. The Balaban J connectivity index is 1.38. The Kier molecular flexibility index (Phi) is 7.01. The van der Waals surface area contributed by atoms with E-state index in [1.165, 1.54) is 4.88 Å². The number of carbonyl (C=O) groups is 2. The first kappa shape index (κ1) is 19.6. The van der Waals surface area contributed by atoms with Crippen LogP contribution in [0.4, 0.5) is 0 Å². The van der Waals surface area contributed by atoms with Gasteiger partial charge in [0, 0.05) is 42.9 Å². The van der Waals surface area contributed by atoms with Gasteiger partial charge in [0.25, 0.3) is 0 Å². The van der Waals surface area contributed by atoms with E-state index in [9.17, 15) is 9.59 Å². The van der Waals surface area contributed by atoms with Crippen molar-refractivity contribution >= 4 is 23.2 Å². The van der Waals surface area contributed by atoms with Crippen LogP contribution in [0.3, 0.4) is 0 Å². The highest BCUT2D eigenvalue weighted by atomic mass is 32.1. The van der Waals surface area contributed by atoms with E-state index in [2.05, 4.69) is 11.4 Å². The van der Waals surface area contributed by atoms with Gasteiger partial charge in [0.2, 0.25) is 11.8 Å². The molecule has 2 heterocycles. The predicted molar refractivity (Wildman–Crippen MR) is 108 cm³/mol. The number of nitrogens with one attached hydrogen (secondary N) is 1. The average Bonchev–Trinajstić information content (AvgIpc) is 3.22. The second-order valence-corrected chi connectivity index (χ2v) is 8.03. The molecule has 3 rings (SSSR count). The van der Waals surface area contributed by atoms with Gasteiger partial charge in [-0.05, 0) is 36.3 Å². The minimum atomic E-state index is -0.281. The number of amides is 2. The Labute approximate surface area is 164 Å². The maximum absolute atomic E-state index is 12.5.